The number of hydrogen-bond acceptors (Lipinski definition) is 7. The lowest BCUT2D eigenvalue weighted by atomic mass is 10.2. The van der Waals surface area contributed by atoms with Crippen molar-refractivity contribution in [2.24, 2.45) is 7.05 Å². The lowest BCUT2D eigenvalue weighted by Gasteiger charge is -2.22. The maximum Gasteiger partial charge on any atom is 0.280 e. The molecule has 0 saturated carbocycles. The summed E-state index contributed by atoms with van der Waals surface area (Å²) in [6, 6.07) is 5.45. The second kappa shape index (κ2) is 8.00. The first kappa shape index (κ1) is 19.7. The predicted molar refractivity (Wildman–Crippen MR) is 111 cm³/mol. The molecular weight excluding hydrogens is 392 g/mol. The minimum Gasteiger partial charge on any atom is -0.495 e. The summed E-state index contributed by atoms with van der Waals surface area (Å²) in [5.74, 6) is 1.14. The molecule has 1 atom stereocenters. The number of fused-ring (bicyclic) bond motifs is 1. The van der Waals surface area contributed by atoms with Crippen LogP contribution in [0.4, 0.5) is 5.13 Å². The number of carbonyl (C=O) groups is 1. The molecule has 0 radical (unpaired) electrons. The first-order valence-electron chi connectivity index (χ1n) is 9.47. The molecule has 1 aliphatic rings. The second-order valence-electron chi connectivity index (χ2n) is 6.99. The van der Waals surface area contributed by atoms with Crippen LogP contribution in [0.15, 0.2) is 18.2 Å². The van der Waals surface area contributed by atoms with E-state index in [9.17, 15) is 4.79 Å². The van der Waals surface area contributed by atoms with E-state index in [4.69, 9.17) is 19.2 Å². The fourth-order valence-electron chi connectivity index (χ4n) is 3.43. The van der Waals surface area contributed by atoms with Crippen molar-refractivity contribution in [3.63, 3.8) is 0 Å². The van der Waals surface area contributed by atoms with E-state index in [1.54, 1.807) is 29.9 Å². The Balaban J connectivity index is 1.78. The van der Waals surface area contributed by atoms with Crippen LogP contribution in [0.25, 0.3) is 10.2 Å². The molecule has 0 aliphatic carbocycles. The van der Waals surface area contributed by atoms with Crippen LogP contribution < -0.4 is 14.4 Å². The SMILES string of the molecule is COc1ccc(OC)c2sc(N(CC3CCCO3)C(=O)c3cc(C)n(C)n3)nc12. The standard InChI is InChI=1S/C20H24N4O4S/c1-12-10-14(22-23(12)2)19(25)24(11-13-6-5-9-28-13)20-21-17-15(26-3)7-8-16(27-4)18(17)29-20/h7-8,10,13H,5-6,9,11H2,1-4H3. The van der Waals surface area contributed by atoms with Gasteiger partial charge in [0.05, 0.1) is 26.9 Å². The smallest absolute Gasteiger partial charge is 0.280 e. The van der Waals surface area contributed by atoms with E-state index in [2.05, 4.69) is 5.10 Å². The predicted octanol–water partition coefficient (Wildman–Crippen LogP) is 3.18. The van der Waals surface area contributed by atoms with Gasteiger partial charge in [0.2, 0.25) is 0 Å². The van der Waals surface area contributed by atoms with Crippen molar-refractivity contribution in [1.29, 1.82) is 0 Å². The molecule has 1 aliphatic heterocycles. The molecule has 0 N–H and O–H groups in total. The Morgan fingerprint density at radius 1 is 1.34 bits per heavy atom. The number of rotatable bonds is 6. The van der Waals surface area contributed by atoms with Crippen molar-refractivity contribution in [3.8, 4) is 11.5 Å². The summed E-state index contributed by atoms with van der Waals surface area (Å²) in [7, 11) is 5.04. The zero-order valence-electron chi connectivity index (χ0n) is 17.0. The maximum atomic E-state index is 13.4. The van der Waals surface area contributed by atoms with Gasteiger partial charge >= 0.3 is 0 Å². The van der Waals surface area contributed by atoms with E-state index in [-0.39, 0.29) is 12.0 Å². The summed E-state index contributed by atoms with van der Waals surface area (Å²) in [6.07, 6.45) is 1.90. The first-order chi connectivity index (χ1) is 14.0. The number of thiazole rings is 1. The fourth-order valence-corrected chi connectivity index (χ4v) is 4.52. The highest BCUT2D eigenvalue weighted by Gasteiger charge is 2.29. The molecule has 1 unspecified atom stereocenters. The van der Waals surface area contributed by atoms with Crippen molar-refractivity contribution in [2.75, 3.05) is 32.3 Å². The number of amides is 1. The molecule has 4 rings (SSSR count). The minimum atomic E-state index is -0.193. The average Bonchev–Trinajstić information content (AvgIpc) is 3.45. The maximum absolute atomic E-state index is 13.4. The van der Waals surface area contributed by atoms with Gasteiger partial charge in [-0.25, -0.2) is 4.98 Å². The van der Waals surface area contributed by atoms with E-state index in [0.29, 0.717) is 34.4 Å². The van der Waals surface area contributed by atoms with Gasteiger partial charge in [0.25, 0.3) is 5.91 Å². The van der Waals surface area contributed by atoms with Gasteiger partial charge in [-0.3, -0.25) is 14.4 Å². The van der Waals surface area contributed by atoms with Gasteiger partial charge in [0.1, 0.15) is 21.7 Å². The monoisotopic (exact) mass is 416 g/mol. The summed E-state index contributed by atoms with van der Waals surface area (Å²) >= 11 is 1.40. The summed E-state index contributed by atoms with van der Waals surface area (Å²) in [6.45, 7) is 3.07. The van der Waals surface area contributed by atoms with E-state index in [0.717, 1.165) is 29.8 Å². The topological polar surface area (TPSA) is 78.7 Å². The lowest BCUT2D eigenvalue weighted by Crippen LogP contribution is -2.37. The van der Waals surface area contributed by atoms with Gasteiger partial charge in [0.15, 0.2) is 10.8 Å². The van der Waals surface area contributed by atoms with Crippen molar-refractivity contribution < 1.29 is 19.0 Å². The molecule has 1 saturated heterocycles. The molecule has 8 nitrogen and oxygen atoms in total. The van der Waals surface area contributed by atoms with Crippen LogP contribution in [0, 0.1) is 6.92 Å². The van der Waals surface area contributed by atoms with Crippen molar-refractivity contribution >= 4 is 32.6 Å². The number of nitrogens with zero attached hydrogens (tertiary/aromatic N) is 4. The third-order valence-electron chi connectivity index (χ3n) is 5.12. The quantitative estimate of drug-likeness (QED) is 0.614. The number of hydrogen-bond donors (Lipinski definition) is 0. The number of anilines is 1. The average molecular weight is 417 g/mol. The van der Waals surface area contributed by atoms with E-state index in [1.165, 1.54) is 11.3 Å². The summed E-state index contributed by atoms with van der Waals surface area (Å²) in [5, 5.41) is 4.94. The number of aryl methyl sites for hydroxylation is 2. The molecule has 154 valence electrons. The Labute approximate surface area is 173 Å². The third kappa shape index (κ3) is 3.67. The normalized spacial score (nSPS) is 16.3. The number of methoxy groups -OCH3 is 2. The molecule has 1 aromatic carbocycles. The van der Waals surface area contributed by atoms with Crippen molar-refractivity contribution in [1.82, 2.24) is 14.8 Å². The highest BCUT2D eigenvalue weighted by Crippen LogP contribution is 2.40. The lowest BCUT2D eigenvalue weighted by molar-refractivity contribution is 0.0913. The van der Waals surface area contributed by atoms with Gasteiger partial charge < -0.3 is 14.2 Å². The van der Waals surface area contributed by atoms with Crippen LogP contribution in [0.5, 0.6) is 11.5 Å². The molecule has 1 amide bonds. The van der Waals surface area contributed by atoms with Crippen LogP contribution in [0.3, 0.4) is 0 Å². The molecule has 9 heteroatoms. The van der Waals surface area contributed by atoms with Crippen LogP contribution in [-0.4, -0.2) is 54.1 Å². The first-order valence-corrected chi connectivity index (χ1v) is 10.3. The molecule has 0 bridgehead atoms. The van der Waals surface area contributed by atoms with Gasteiger partial charge in [-0.1, -0.05) is 11.3 Å². The Morgan fingerprint density at radius 3 is 2.72 bits per heavy atom. The Bertz CT molecular complexity index is 978. The van der Waals surface area contributed by atoms with E-state index in [1.807, 2.05) is 26.1 Å². The van der Waals surface area contributed by atoms with E-state index < -0.39 is 0 Å². The van der Waals surface area contributed by atoms with Crippen LogP contribution >= 0.6 is 11.3 Å². The molecule has 0 spiro atoms. The van der Waals surface area contributed by atoms with Gasteiger partial charge in [-0.2, -0.15) is 5.10 Å². The number of ether oxygens (including phenoxy) is 3. The highest BCUT2D eigenvalue weighted by molar-refractivity contribution is 7.22. The van der Waals surface area contributed by atoms with E-state index >= 15 is 0 Å². The van der Waals surface area contributed by atoms with Gasteiger partial charge in [0, 0.05) is 19.3 Å². The summed E-state index contributed by atoms with van der Waals surface area (Å²) in [4.78, 5) is 19.8. The van der Waals surface area contributed by atoms with Gasteiger partial charge in [-0.05, 0) is 38.0 Å². The summed E-state index contributed by atoms with van der Waals surface area (Å²) in [5.41, 5.74) is 1.98. The third-order valence-corrected chi connectivity index (χ3v) is 6.21. The molecule has 29 heavy (non-hydrogen) atoms. The number of carbonyl (C=O) groups excluding carboxylic acids is 1. The number of aromatic nitrogens is 3. The summed E-state index contributed by atoms with van der Waals surface area (Å²) < 4.78 is 19.3. The second-order valence-corrected chi connectivity index (χ2v) is 7.97. The minimum absolute atomic E-state index is 0.0143. The molecular formula is C20H24N4O4S. The van der Waals surface area contributed by atoms with Gasteiger partial charge in [-0.15, -0.1) is 0 Å². The van der Waals surface area contributed by atoms with Crippen LogP contribution in [0.2, 0.25) is 0 Å². The largest absolute Gasteiger partial charge is 0.495 e. The zero-order valence-corrected chi connectivity index (χ0v) is 17.8. The number of benzene rings is 1. The van der Waals surface area contributed by atoms with Crippen molar-refractivity contribution in [2.45, 2.75) is 25.9 Å². The molecule has 1 fully saturated rings. The molecule has 2 aromatic heterocycles. The Kier molecular flexibility index (Phi) is 5.42. The van der Waals surface area contributed by atoms with Crippen molar-refractivity contribution in [3.05, 3.63) is 29.6 Å². The zero-order chi connectivity index (χ0) is 20.5. The van der Waals surface area contributed by atoms with Crippen LogP contribution in [0.1, 0.15) is 29.0 Å². The van der Waals surface area contributed by atoms with Crippen LogP contribution in [-0.2, 0) is 11.8 Å². The highest BCUT2D eigenvalue weighted by atomic mass is 32.1. The Hall–Kier alpha value is -2.65. The molecule has 3 aromatic rings. The molecule has 3 heterocycles. The fraction of sp³-hybridized carbons (Fsp3) is 0.450. The Morgan fingerprint density at radius 2 is 2.10 bits per heavy atom.